The van der Waals surface area contributed by atoms with Crippen molar-refractivity contribution >= 4 is 29.9 Å². The first-order valence-electron chi connectivity index (χ1n) is 7.65. The summed E-state index contributed by atoms with van der Waals surface area (Å²) in [6.45, 7) is 6.38. The number of aromatic nitrogens is 3. The van der Waals surface area contributed by atoms with Crippen LogP contribution in [0.3, 0.4) is 0 Å². The zero-order valence-corrected chi connectivity index (χ0v) is 15.6. The number of para-hydroxylation sites is 1. The molecule has 1 aromatic heterocycles. The second-order valence-corrected chi connectivity index (χ2v) is 6.24. The highest BCUT2D eigenvalue weighted by Crippen LogP contribution is 2.23. The molecule has 1 heterocycles. The predicted molar refractivity (Wildman–Crippen MR) is 98.3 cm³/mol. The lowest BCUT2D eigenvalue weighted by Gasteiger charge is -2.09. The fraction of sp³-hybridized carbons (Fsp3) is 0.438. The van der Waals surface area contributed by atoms with Crippen molar-refractivity contribution in [1.29, 1.82) is 0 Å². The third-order valence-corrected chi connectivity index (χ3v) is 3.64. The molecule has 2 aromatic rings. The van der Waals surface area contributed by atoms with E-state index in [1.807, 2.05) is 39.0 Å². The number of amides is 1. The minimum atomic E-state index is -0.307. The number of nitrogens with zero attached hydrogens (tertiary/aromatic N) is 3. The molecule has 0 bridgehead atoms. The van der Waals surface area contributed by atoms with Crippen molar-refractivity contribution in [2.75, 3.05) is 6.54 Å². The molecule has 1 unspecified atom stereocenters. The average molecular weight is 372 g/mol. The fourth-order valence-corrected chi connectivity index (χ4v) is 2.30. The summed E-state index contributed by atoms with van der Waals surface area (Å²) in [5.74, 6) is 0.622. The average Bonchev–Trinajstić information content (AvgIpc) is 2.92. The third-order valence-electron chi connectivity index (χ3n) is 3.32. The van der Waals surface area contributed by atoms with Gasteiger partial charge in [-0.1, -0.05) is 37.6 Å². The van der Waals surface area contributed by atoms with Crippen molar-refractivity contribution in [1.82, 2.24) is 20.1 Å². The lowest BCUT2D eigenvalue weighted by atomic mass is 10.2. The van der Waals surface area contributed by atoms with Gasteiger partial charge < -0.3 is 11.1 Å². The summed E-state index contributed by atoms with van der Waals surface area (Å²) in [5.41, 5.74) is 6.38. The van der Waals surface area contributed by atoms with E-state index in [0.717, 1.165) is 0 Å². The lowest BCUT2D eigenvalue weighted by Crippen LogP contribution is -2.29. The fourth-order valence-electron chi connectivity index (χ4n) is 2.09. The summed E-state index contributed by atoms with van der Waals surface area (Å²) < 4.78 is 1.63. The largest absolute Gasteiger partial charge is 0.349 e. The van der Waals surface area contributed by atoms with Gasteiger partial charge in [-0.15, -0.1) is 17.5 Å². The van der Waals surface area contributed by atoms with Gasteiger partial charge in [0.25, 0.3) is 5.91 Å². The molecular weight excluding hydrogens is 349 g/mol. The van der Waals surface area contributed by atoms with Crippen LogP contribution in [0.1, 0.15) is 49.6 Å². The van der Waals surface area contributed by atoms with Crippen molar-refractivity contribution in [3.8, 4) is 5.69 Å². The molecule has 0 spiro atoms. The van der Waals surface area contributed by atoms with Crippen molar-refractivity contribution in [3.63, 3.8) is 0 Å². The molecule has 1 atom stereocenters. The van der Waals surface area contributed by atoms with E-state index in [0.29, 0.717) is 29.5 Å². The van der Waals surface area contributed by atoms with Gasteiger partial charge in [0.05, 0.1) is 10.7 Å². The Balaban J connectivity index is 0.00000288. The van der Waals surface area contributed by atoms with E-state index >= 15 is 0 Å². The Kier molecular flexibility index (Phi) is 7.66. The van der Waals surface area contributed by atoms with Crippen molar-refractivity contribution < 1.29 is 4.79 Å². The highest BCUT2D eigenvalue weighted by atomic mass is 35.5. The van der Waals surface area contributed by atoms with Crippen LogP contribution in [0, 0.1) is 0 Å². The summed E-state index contributed by atoms with van der Waals surface area (Å²) in [4.78, 5) is 16.6. The van der Waals surface area contributed by atoms with Gasteiger partial charge in [0.15, 0.2) is 0 Å². The Morgan fingerprint density at radius 1 is 1.33 bits per heavy atom. The first-order valence-corrected chi connectivity index (χ1v) is 8.03. The second kappa shape index (κ2) is 9.01. The quantitative estimate of drug-likeness (QED) is 0.816. The van der Waals surface area contributed by atoms with E-state index in [1.54, 1.807) is 10.7 Å². The summed E-state index contributed by atoms with van der Waals surface area (Å²) in [5, 5.41) is 7.68. The van der Waals surface area contributed by atoms with Gasteiger partial charge in [-0.2, -0.15) is 0 Å². The number of benzene rings is 1. The maximum absolute atomic E-state index is 12.2. The molecular formula is C16H23Cl2N5O. The Labute approximate surface area is 153 Å². The number of carbonyl (C=O) groups is 1. The molecule has 0 saturated carbocycles. The number of hydrogen-bond donors (Lipinski definition) is 2. The van der Waals surface area contributed by atoms with Gasteiger partial charge in [0, 0.05) is 18.5 Å². The monoisotopic (exact) mass is 371 g/mol. The number of hydrogen-bond acceptors (Lipinski definition) is 4. The molecule has 8 heteroatoms. The number of carbonyl (C=O) groups excluding carboxylic acids is 1. The molecule has 2 rings (SSSR count). The van der Waals surface area contributed by atoms with Crippen LogP contribution < -0.4 is 11.1 Å². The Morgan fingerprint density at radius 3 is 2.58 bits per heavy atom. The van der Waals surface area contributed by atoms with Gasteiger partial charge in [0.1, 0.15) is 5.82 Å². The van der Waals surface area contributed by atoms with Crippen molar-refractivity contribution in [3.05, 3.63) is 40.9 Å². The van der Waals surface area contributed by atoms with Crippen LogP contribution in [0.4, 0.5) is 0 Å². The summed E-state index contributed by atoms with van der Waals surface area (Å²) >= 11 is 6.24. The minimum Gasteiger partial charge on any atom is -0.349 e. The summed E-state index contributed by atoms with van der Waals surface area (Å²) in [7, 11) is 0. The maximum Gasteiger partial charge on any atom is 0.290 e. The molecule has 3 N–H and O–H groups in total. The predicted octanol–water partition coefficient (Wildman–Crippen LogP) is 2.93. The van der Waals surface area contributed by atoms with Crippen molar-refractivity contribution in [2.45, 2.75) is 39.2 Å². The van der Waals surface area contributed by atoms with Gasteiger partial charge in [-0.3, -0.25) is 4.79 Å². The van der Waals surface area contributed by atoms with Crippen LogP contribution in [-0.2, 0) is 0 Å². The van der Waals surface area contributed by atoms with Gasteiger partial charge in [-0.05, 0) is 25.5 Å². The summed E-state index contributed by atoms with van der Waals surface area (Å²) in [6, 6.07) is 7.38. The lowest BCUT2D eigenvalue weighted by molar-refractivity contribution is 0.0942. The van der Waals surface area contributed by atoms with Crippen LogP contribution >= 0.6 is 24.0 Å². The standard InChI is InChI=1S/C16H22ClN5O.ClH/c1-10(2)15-20-14(16(23)19-9-8-11(3)18)21-22(15)13-7-5-4-6-12(13)17;/h4-7,10-11H,8-9,18H2,1-3H3,(H,19,23);1H. The van der Waals surface area contributed by atoms with Crippen LogP contribution in [0.15, 0.2) is 24.3 Å². The van der Waals surface area contributed by atoms with E-state index in [9.17, 15) is 4.79 Å². The van der Waals surface area contributed by atoms with E-state index in [2.05, 4.69) is 15.4 Å². The van der Waals surface area contributed by atoms with Crippen LogP contribution in [-0.4, -0.2) is 33.3 Å². The molecule has 0 fully saturated rings. The minimum absolute atomic E-state index is 0. The number of halogens is 2. The normalized spacial score (nSPS) is 11.9. The van der Waals surface area contributed by atoms with Gasteiger partial charge in [-0.25, -0.2) is 9.67 Å². The Hall–Kier alpha value is -1.63. The smallest absolute Gasteiger partial charge is 0.290 e. The van der Waals surface area contributed by atoms with E-state index in [1.165, 1.54) is 0 Å². The van der Waals surface area contributed by atoms with Gasteiger partial charge >= 0.3 is 0 Å². The van der Waals surface area contributed by atoms with E-state index in [4.69, 9.17) is 17.3 Å². The van der Waals surface area contributed by atoms with Crippen molar-refractivity contribution in [2.24, 2.45) is 5.73 Å². The topological polar surface area (TPSA) is 85.8 Å². The zero-order chi connectivity index (χ0) is 17.0. The molecule has 1 aromatic carbocycles. The molecule has 6 nitrogen and oxygen atoms in total. The molecule has 132 valence electrons. The van der Waals surface area contributed by atoms with Crippen LogP contribution in [0.5, 0.6) is 0 Å². The Bertz CT molecular complexity index is 685. The SMILES string of the molecule is CC(N)CCNC(=O)c1nc(C(C)C)n(-c2ccccc2Cl)n1.Cl. The number of nitrogens with one attached hydrogen (secondary N) is 1. The molecule has 0 aliphatic carbocycles. The highest BCUT2D eigenvalue weighted by Gasteiger charge is 2.20. The van der Waals surface area contributed by atoms with Crippen LogP contribution in [0.25, 0.3) is 5.69 Å². The molecule has 24 heavy (non-hydrogen) atoms. The zero-order valence-electron chi connectivity index (χ0n) is 14.0. The van der Waals surface area contributed by atoms with Gasteiger partial charge in [0.2, 0.25) is 5.82 Å². The Morgan fingerprint density at radius 2 is 2.00 bits per heavy atom. The summed E-state index contributed by atoms with van der Waals surface area (Å²) in [6.07, 6.45) is 0.702. The third kappa shape index (κ3) is 4.93. The van der Waals surface area contributed by atoms with E-state index in [-0.39, 0.29) is 36.1 Å². The second-order valence-electron chi connectivity index (χ2n) is 5.83. The molecule has 0 aliphatic heterocycles. The number of rotatable bonds is 6. The molecule has 0 aliphatic rings. The first kappa shape index (κ1) is 20.4. The molecule has 1 amide bonds. The molecule has 0 saturated heterocycles. The highest BCUT2D eigenvalue weighted by molar-refractivity contribution is 6.32. The van der Waals surface area contributed by atoms with E-state index < -0.39 is 0 Å². The molecule has 0 radical (unpaired) electrons. The van der Waals surface area contributed by atoms with Crippen LogP contribution in [0.2, 0.25) is 5.02 Å². The maximum atomic E-state index is 12.2. The first-order chi connectivity index (χ1) is 10.9. The number of nitrogens with two attached hydrogens (primary N) is 1.